The molecule has 1 saturated heterocycles. The minimum absolute atomic E-state index is 0.300. The Morgan fingerprint density at radius 3 is 2.57 bits per heavy atom. The predicted molar refractivity (Wildman–Crippen MR) is 88.0 cm³/mol. The lowest BCUT2D eigenvalue weighted by Gasteiger charge is -2.37. The van der Waals surface area contributed by atoms with Crippen LogP contribution < -0.4 is 4.74 Å². The smallest absolute Gasteiger partial charge is 0.118 e. The van der Waals surface area contributed by atoms with Gasteiger partial charge in [-0.05, 0) is 75.1 Å². The molecule has 0 N–H and O–H groups in total. The average Bonchev–Trinajstić information content (AvgIpc) is 2.99. The standard InChI is InChI=1S/C17H23ClO2S/c1-16(2)12-8-9-17(16)11-21(18,20-15(17)10-12)14-6-4-13(19-3)5-7-14/h4-7,12,15H,8-11H2,1-3H3/t12-,15-,17-/m1/s1. The topological polar surface area (TPSA) is 18.5 Å². The quantitative estimate of drug-likeness (QED) is 0.748. The van der Waals surface area contributed by atoms with Crippen molar-refractivity contribution in [3.05, 3.63) is 24.3 Å². The van der Waals surface area contributed by atoms with E-state index in [1.165, 1.54) is 19.3 Å². The molecule has 0 aromatic heterocycles. The molecule has 21 heavy (non-hydrogen) atoms. The highest BCUT2D eigenvalue weighted by molar-refractivity contribution is 8.48. The fourth-order valence-corrected chi connectivity index (χ4v) is 8.98. The van der Waals surface area contributed by atoms with Crippen LogP contribution in [0.25, 0.3) is 0 Å². The summed E-state index contributed by atoms with van der Waals surface area (Å²) >= 11 is 0. The Labute approximate surface area is 133 Å². The largest absolute Gasteiger partial charge is 0.497 e. The lowest BCUT2D eigenvalue weighted by Crippen LogP contribution is -2.37. The van der Waals surface area contributed by atoms with Crippen molar-refractivity contribution in [2.45, 2.75) is 44.1 Å². The molecule has 3 aliphatic rings. The van der Waals surface area contributed by atoms with E-state index >= 15 is 0 Å². The average molecular weight is 327 g/mol. The molecule has 116 valence electrons. The SMILES string of the molecule is COc1ccc(S2(Cl)C[C@]34CC[C@H](C[C@H]3O2)C4(C)C)cc1. The van der Waals surface area contributed by atoms with Gasteiger partial charge in [-0.1, -0.05) is 13.8 Å². The van der Waals surface area contributed by atoms with Gasteiger partial charge in [-0.3, -0.25) is 0 Å². The maximum atomic E-state index is 7.03. The first kappa shape index (κ1) is 14.2. The highest BCUT2D eigenvalue weighted by Crippen LogP contribution is 2.81. The van der Waals surface area contributed by atoms with E-state index in [-0.39, 0.29) is 0 Å². The van der Waals surface area contributed by atoms with Gasteiger partial charge in [0, 0.05) is 16.1 Å². The molecule has 3 fully saturated rings. The monoisotopic (exact) mass is 326 g/mol. The number of hydrogen-bond donors (Lipinski definition) is 0. The molecule has 0 amide bonds. The molecule has 4 atom stereocenters. The Kier molecular flexibility index (Phi) is 2.94. The van der Waals surface area contributed by atoms with E-state index < -0.39 is 9.52 Å². The minimum atomic E-state index is -1.66. The molecule has 2 bridgehead atoms. The van der Waals surface area contributed by atoms with Gasteiger partial charge in [0.2, 0.25) is 0 Å². The van der Waals surface area contributed by atoms with E-state index in [9.17, 15) is 0 Å². The van der Waals surface area contributed by atoms with Crippen molar-refractivity contribution >= 4 is 20.2 Å². The highest BCUT2D eigenvalue weighted by Gasteiger charge is 2.70. The lowest BCUT2D eigenvalue weighted by atomic mass is 9.70. The third-order valence-corrected chi connectivity index (χ3v) is 9.96. The Morgan fingerprint density at radius 1 is 1.29 bits per heavy atom. The molecule has 0 radical (unpaired) electrons. The lowest BCUT2D eigenvalue weighted by molar-refractivity contribution is 0.0735. The van der Waals surface area contributed by atoms with E-state index in [1.54, 1.807) is 7.11 Å². The fraction of sp³-hybridized carbons (Fsp3) is 0.647. The van der Waals surface area contributed by atoms with E-state index in [1.807, 2.05) is 12.1 Å². The molecule has 1 spiro atoms. The molecular weight excluding hydrogens is 304 g/mol. The van der Waals surface area contributed by atoms with E-state index in [4.69, 9.17) is 19.6 Å². The molecule has 1 unspecified atom stereocenters. The van der Waals surface area contributed by atoms with Crippen LogP contribution in [0.15, 0.2) is 29.2 Å². The predicted octanol–water partition coefficient (Wildman–Crippen LogP) is 5.15. The number of methoxy groups -OCH3 is 1. The molecule has 1 aromatic rings. The van der Waals surface area contributed by atoms with Gasteiger partial charge in [0.15, 0.2) is 0 Å². The zero-order valence-electron chi connectivity index (χ0n) is 12.9. The molecule has 2 saturated carbocycles. The zero-order chi connectivity index (χ0) is 14.9. The van der Waals surface area contributed by atoms with Crippen LogP contribution in [0.5, 0.6) is 5.75 Å². The van der Waals surface area contributed by atoms with Gasteiger partial charge < -0.3 is 8.92 Å². The molecular formula is C17H23ClO2S. The fourth-order valence-electron chi connectivity index (χ4n) is 4.94. The van der Waals surface area contributed by atoms with Crippen molar-refractivity contribution in [1.29, 1.82) is 0 Å². The normalized spacial score (nSPS) is 46.1. The van der Waals surface area contributed by atoms with Crippen LogP contribution in [0, 0.1) is 16.7 Å². The van der Waals surface area contributed by atoms with Gasteiger partial charge in [0.1, 0.15) is 5.75 Å². The first-order chi connectivity index (χ1) is 9.91. The second-order valence-electron chi connectivity index (χ2n) is 7.35. The van der Waals surface area contributed by atoms with Crippen LogP contribution in [0.4, 0.5) is 0 Å². The molecule has 1 heterocycles. The third kappa shape index (κ3) is 1.71. The Bertz CT molecular complexity index is 573. The second-order valence-corrected chi connectivity index (χ2v) is 11.0. The number of fused-ring (bicyclic) bond motifs is 1. The molecule has 1 aliphatic heterocycles. The summed E-state index contributed by atoms with van der Waals surface area (Å²) in [5, 5.41) is 0. The minimum Gasteiger partial charge on any atom is -0.497 e. The molecule has 1 aromatic carbocycles. The van der Waals surface area contributed by atoms with Crippen molar-refractivity contribution in [1.82, 2.24) is 0 Å². The summed E-state index contributed by atoms with van der Waals surface area (Å²) in [6.45, 7) is 4.87. The van der Waals surface area contributed by atoms with Crippen LogP contribution in [0.3, 0.4) is 0 Å². The summed E-state index contributed by atoms with van der Waals surface area (Å²) < 4.78 is 11.7. The number of halogens is 1. The summed E-state index contributed by atoms with van der Waals surface area (Å²) in [7, 11) is 7.05. The molecule has 2 aliphatic carbocycles. The summed E-state index contributed by atoms with van der Waals surface area (Å²) in [5.41, 5.74) is 0.669. The maximum Gasteiger partial charge on any atom is 0.118 e. The van der Waals surface area contributed by atoms with Gasteiger partial charge in [-0.2, -0.15) is 0 Å². The molecule has 4 rings (SSSR count). The second kappa shape index (κ2) is 4.33. The van der Waals surface area contributed by atoms with Crippen molar-refractivity contribution in [3.8, 4) is 5.75 Å². The number of benzene rings is 1. The maximum absolute atomic E-state index is 7.03. The van der Waals surface area contributed by atoms with Crippen molar-refractivity contribution < 1.29 is 8.92 Å². The zero-order valence-corrected chi connectivity index (χ0v) is 14.5. The van der Waals surface area contributed by atoms with E-state index in [2.05, 4.69) is 26.0 Å². The van der Waals surface area contributed by atoms with Gasteiger partial charge in [-0.15, -0.1) is 0 Å². The van der Waals surface area contributed by atoms with Gasteiger partial charge in [-0.25, -0.2) is 0 Å². The summed E-state index contributed by atoms with van der Waals surface area (Å²) in [6, 6.07) is 8.14. The Morgan fingerprint density at radius 2 is 2.00 bits per heavy atom. The van der Waals surface area contributed by atoms with Crippen LogP contribution in [-0.4, -0.2) is 19.0 Å². The summed E-state index contributed by atoms with van der Waals surface area (Å²) in [4.78, 5) is 1.15. The highest BCUT2D eigenvalue weighted by atomic mass is 35.7. The van der Waals surface area contributed by atoms with Crippen LogP contribution in [0.2, 0.25) is 0 Å². The van der Waals surface area contributed by atoms with E-state index in [0.717, 1.165) is 22.3 Å². The Hall–Kier alpha value is -0.380. The van der Waals surface area contributed by atoms with Gasteiger partial charge in [0.25, 0.3) is 0 Å². The van der Waals surface area contributed by atoms with Gasteiger partial charge in [0.05, 0.1) is 13.2 Å². The van der Waals surface area contributed by atoms with Crippen LogP contribution >= 0.6 is 20.2 Å². The van der Waals surface area contributed by atoms with Crippen molar-refractivity contribution in [2.24, 2.45) is 16.7 Å². The third-order valence-electron chi connectivity index (χ3n) is 6.48. The van der Waals surface area contributed by atoms with E-state index in [0.29, 0.717) is 16.9 Å². The summed E-state index contributed by atoms with van der Waals surface area (Å²) in [6.07, 6.45) is 4.19. The first-order valence-corrected chi connectivity index (χ1v) is 10.3. The first-order valence-electron chi connectivity index (χ1n) is 7.74. The van der Waals surface area contributed by atoms with Crippen molar-refractivity contribution in [3.63, 3.8) is 0 Å². The number of ether oxygens (including phenoxy) is 1. The molecule has 4 heteroatoms. The number of hydrogen-bond acceptors (Lipinski definition) is 2. The van der Waals surface area contributed by atoms with Gasteiger partial charge >= 0.3 is 0 Å². The Balaban J connectivity index is 1.69. The number of rotatable bonds is 2. The summed E-state index contributed by atoms with van der Waals surface area (Å²) in [5.74, 6) is 2.71. The van der Waals surface area contributed by atoms with Crippen molar-refractivity contribution in [2.75, 3.05) is 12.9 Å². The molecule has 2 nitrogen and oxygen atoms in total. The van der Waals surface area contributed by atoms with Crippen LogP contribution in [-0.2, 0) is 4.18 Å². The van der Waals surface area contributed by atoms with Crippen LogP contribution in [0.1, 0.15) is 33.1 Å².